The van der Waals surface area contributed by atoms with Crippen molar-refractivity contribution in [3.63, 3.8) is 0 Å². The Balaban J connectivity index is 1.77. The summed E-state index contributed by atoms with van der Waals surface area (Å²) in [5, 5.41) is 0.393. The number of H-pyrrole nitrogens is 1. The molecule has 0 amide bonds. The maximum Gasteiger partial charge on any atom is 0.274 e. The molecule has 0 aliphatic heterocycles. The van der Waals surface area contributed by atoms with Crippen LogP contribution in [0.2, 0.25) is 0 Å². The van der Waals surface area contributed by atoms with Gasteiger partial charge in [0.05, 0.1) is 11.8 Å². The van der Waals surface area contributed by atoms with Crippen molar-refractivity contribution in [3.8, 4) is 33.9 Å². The van der Waals surface area contributed by atoms with Crippen molar-refractivity contribution in [1.29, 1.82) is 0 Å². The number of aromatic nitrogens is 3. The molecule has 0 fully saturated rings. The highest BCUT2D eigenvalue weighted by atomic mass is 19.3. The molecule has 5 rings (SSSR count). The Hall–Kier alpha value is -4.53. The minimum Gasteiger partial charge on any atom is -0.455 e. The van der Waals surface area contributed by atoms with E-state index in [0.717, 1.165) is 17.2 Å². The summed E-state index contributed by atoms with van der Waals surface area (Å²) in [7, 11) is 3.16. The van der Waals surface area contributed by atoms with E-state index >= 15 is 0 Å². The molecule has 9 heteroatoms. The predicted molar refractivity (Wildman–Crippen MR) is 141 cm³/mol. The van der Waals surface area contributed by atoms with Crippen molar-refractivity contribution in [3.05, 3.63) is 104 Å². The topological polar surface area (TPSA) is 69.0 Å². The molecule has 6 nitrogen and oxygen atoms in total. The van der Waals surface area contributed by atoms with Crippen molar-refractivity contribution < 1.29 is 17.9 Å². The van der Waals surface area contributed by atoms with E-state index < -0.39 is 23.4 Å². The molecule has 5 aromatic rings. The molecule has 1 N–H and O–H groups in total. The number of nitrogens with zero attached hydrogens (tertiary/aromatic N) is 2. The summed E-state index contributed by atoms with van der Waals surface area (Å²) in [4.78, 5) is 28.7. The molecule has 0 unspecified atom stereocenters. The van der Waals surface area contributed by atoms with E-state index in [1.807, 2.05) is 32.0 Å². The third kappa shape index (κ3) is 4.19. The number of pyridine rings is 2. The average Bonchev–Trinajstić information content (AvgIpc) is 3.31. The van der Waals surface area contributed by atoms with Crippen LogP contribution in [-0.2, 0) is 14.1 Å². The lowest BCUT2D eigenvalue weighted by atomic mass is 10.0. The first kappa shape index (κ1) is 25.1. The Morgan fingerprint density at radius 3 is 2.24 bits per heavy atom. The highest BCUT2D eigenvalue weighted by molar-refractivity contribution is 5.98. The number of rotatable bonds is 5. The zero-order chi connectivity index (χ0) is 27.3. The molecule has 0 radical (unpaired) electrons. The van der Waals surface area contributed by atoms with Gasteiger partial charge in [-0.15, -0.1) is 0 Å². The van der Waals surface area contributed by atoms with Crippen LogP contribution in [0.4, 0.5) is 13.2 Å². The third-order valence-corrected chi connectivity index (χ3v) is 6.62. The van der Waals surface area contributed by atoms with Gasteiger partial charge in [-0.25, -0.2) is 13.2 Å². The lowest BCUT2D eigenvalue weighted by Gasteiger charge is -2.17. The molecule has 194 valence electrons. The molecular weight excluding hydrogens is 495 g/mol. The summed E-state index contributed by atoms with van der Waals surface area (Å²) < 4.78 is 50.7. The molecule has 0 aliphatic rings. The Labute approximate surface area is 215 Å². The van der Waals surface area contributed by atoms with E-state index in [2.05, 4.69) is 4.98 Å². The van der Waals surface area contributed by atoms with E-state index in [4.69, 9.17) is 4.74 Å². The van der Waals surface area contributed by atoms with Crippen LogP contribution < -0.4 is 15.9 Å². The molecule has 0 aliphatic carbocycles. The van der Waals surface area contributed by atoms with Gasteiger partial charge in [0.2, 0.25) is 0 Å². The molecule has 3 heterocycles. The largest absolute Gasteiger partial charge is 0.455 e. The van der Waals surface area contributed by atoms with Crippen LogP contribution >= 0.6 is 0 Å². The monoisotopic (exact) mass is 519 g/mol. The van der Waals surface area contributed by atoms with Gasteiger partial charge in [-0.2, -0.15) is 0 Å². The van der Waals surface area contributed by atoms with Crippen LogP contribution in [0.1, 0.15) is 23.1 Å². The minimum atomic E-state index is -2.99. The average molecular weight is 520 g/mol. The molecule has 0 bridgehead atoms. The number of aromatic amines is 1. The maximum absolute atomic E-state index is 15.0. The predicted octanol–water partition coefficient (Wildman–Crippen LogP) is 6.39. The Morgan fingerprint density at radius 2 is 1.55 bits per heavy atom. The number of para-hydroxylation sites is 1. The number of halogens is 3. The van der Waals surface area contributed by atoms with Crippen LogP contribution in [0, 0.1) is 19.7 Å². The molecule has 0 spiro atoms. The number of fused-ring (bicyclic) bond motifs is 1. The number of ether oxygens (including phenoxy) is 1. The van der Waals surface area contributed by atoms with Crippen LogP contribution in [0.25, 0.3) is 33.3 Å². The van der Waals surface area contributed by atoms with Crippen LogP contribution in [0.5, 0.6) is 11.5 Å². The number of nitrogens with one attached hydrogen (secondary N) is 1. The molecule has 2 aromatic carbocycles. The number of benzene rings is 2. The van der Waals surface area contributed by atoms with Gasteiger partial charge < -0.3 is 18.9 Å². The van der Waals surface area contributed by atoms with Gasteiger partial charge in [-0.1, -0.05) is 30.3 Å². The number of hydrogen-bond acceptors (Lipinski definition) is 3. The van der Waals surface area contributed by atoms with Gasteiger partial charge in [0.15, 0.2) is 5.75 Å². The highest BCUT2D eigenvalue weighted by Gasteiger charge is 2.22. The van der Waals surface area contributed by atoms with Crippen LogP contribution in [0.15, 0.2) is 70.5 Å². The summed E-state index contributed by atoms with van der Waals surface area (Å²) in [6, 6.07) is 12.4. The molecular formula is C29H24F3N3O3. The molecule has 0 saturated heterocycles. The fraction of sp³-hybridized carbons (Fsp3) is 0.172. The summed E-state index contributed by atoms with van der Waals surface area (Å²) in [5.74, 6) is -0.0627. The Bertz CT molecular complexity index is 1810. The van der Waals surface area contributed by atoms with Gasteiger partial charge in [-0.05, 0) is 37.1 Å². The zero-order valence-electron chi connectivity index (χ0n) is 21.1. The fourth-order valence-electron chi connectivity index (χ4n) is 4.59. The number of aryl methyl sites for hydroxylation is 4. The molecule has 0 saturated carbocycles. The van der Waals surface area contributed by atoms with E-state index in [0.29, 0.717) is 28.0 Å². The maximum atomic E-state index is 15.0. The van der Waals surface area contributed by atoms with E-state index in [1.165, 1.54) is 33.4 Å². The minimum absolute atomic E-state index is 0.0945. The van der Waals surface area contributed by atoms with Gasteiger partial charge in [0, 0.05) is 54.1 Å². The van der Waals surface area contributed by atoms with Crippen LogP contribution in [-0.4, -0.2) is 14.1 Å². The second-order valence-corrected chi connectivity index (χ2v) is 9.26. The SMILES string of the molecule is Cc1cccc(C)c1Oc1cn(C)c(=O)cc1-c1cn(C)c(=O)c2[nH]c(-c3cccc(C(F)F)c3F)cc12. The lowest BCUT2D eigenvalue weighted by Crippen LogP contribution is -2.18. The normalized spacial score (nSPS) is 11.5. The Kier molecular flexibility index (Phi) is 6.22. The number of hydrogen-bond donors (Lipinski definition) is 1. The summed E-state index contributed by atoms with van der Waals surface area (Å²) in [6.07, 6.45) is 0.147. The first-order valence-electron chi connectivity index (χ1n) is 11.8. The van der Waals surface area contributed by atoms with Crippen molar-refractivity contribution in [2.75, 3.05) is 0 Å². The lowest BCUT2D eigenvalue weighted by molar-refractivity contribution is 0.146. The first-order chi connectivity index (χ1) is 18.1. The van der Waals surface area contributed by atoms with Gasteiger partial charge in [0.25, 0.3) is 17.5 Å². The van der Waals surface area contributed by atoms with Gasteiger partial charge >= 0.3 is 0 Å². The van der Waals surface area contributed by atoms with Crippen LogP contribution in [0.3, 0.4) is 0 Å². The highest BCUT2D eigenvalue weighted by Crippen LogP contribution is 2.39. The third-order valence-electron chi connectivity index (χ3n) is 6.62. The second kappa shape index (κ2) is 9.41. The summed E-state index contributed by atoms with van der Waals surface area (Å²) in [6.45, 7) is 3.82. The van der Waals surface area contributed by atoms with E-state index in [1.54, 1.807) is 26.5 Å². The van der Waals surface area contributed by atoms with Crippen molar-refractivity contribution in [2.24, 2.45) is 14.1 Å². The fourth-order valence-corrected chi connectivity index (χ4v) is 4.59. The van der Waals surface area contributed by atoms with E-state index in [-0.39, 0.29) is 22.3 Å². The van der Waals surface area contributed by atoms with Crippen molar-refractivity contribution in [1.82, 2.24) is 14.1 Å². The summed E-state index contributed by atoms with van der Waals surface area (Å²) in [5.41, 5.74) is 1.46. The standard InChI is InChI=1S/C29H24F3N3O3/c1-15-7-5-8-16(2)27(15)38-23-14-34(3)24(36)12-19(23)21-13-35(4)29(37)26-20(21)11-22(33-26)17-9-6-10-18(25(17)30)28(31)32/h5-14,28,33H,1-4H3. The van der Waals surface area contributed by atoms with Gasteiger partial charge in [0.1, 0.15) is 17.1 Å². The molecule has 3 aromatic heterocycles. The Morgan fingerprint density at radius 1 is 0.868 bits per heavy atom. The van der Waals surface area contributed by atoms with Crippen molar-refractivity contribution >= 4 is 10.9 Å². The second-order valence-electron chi connectivity index (χ2n) is 9.26. The number of alkyl halides is 2. The molecule has 38 heavy (non-hydrogen) atoms. The van der Waals surface area contributed by atoms with Crippen molar-refractivity contribution in [2.45, 2.75) is 20.3 Å². The zero-order valence-corrected chi connectivity index (χ0v) is 21.1. The molecule has 0 atom stereocenters. The summed E-state index contributed by atoms with van der Waals surface area (Å²) >= 11 is 0. The van der Waals surface area contributed by atoms with E-state index in [9.17, 15) is 22.8 Å². The first-order valence-corrected chi connectivity index (χ1v) is 11.8. The smallest absolute Gasteiger partial charge is 0.274 e. The quantitative estimate of drug-likeness (QED) is 0.293. The van der Waals surface area contributed by atoms with Gasteiger partial charge in [-0.3, -0.25) is 9.59 Å².